The maximum absolute atomic E-state index is 12.7. The number of carbonyl (C=O) groups excluding carboxylic acids is 2. The number of pyridine rings is 1. The topological polar surface area (TPSA) is 150 Å². The predicted octanol–water partition coefficient (Wildman–Crippen LogP) is 1.63. The molecule has 0 bridgehead atoms. The molecule has 1 aromatic heterocycles. The number of benzene rings is 1. The first-order valence-corrected chi connectivity index (χ1v) is 11.2. The molecule has 11 nitrogen and oxygen atoms in total. The number of nitrogens with two attached hydrogens (primary N) is 1. The van der Waals surface area contributed by atoms with Crippen LogP contribution in [0.2, 0.25) is 0 Å². The standard InChI is InChI=1S/C23H28N6O5/c24-20(30)18-7-8-19(29(23(32)33)17-2-1-9-25-14-17)27-21(18)26-16-5-3-15(4-6-16)22(31)28-10-12-34-13-11-28/h3-8,17,25H,1-2,9-14H2,(H2,24,30)(H,26,27)(H,32,33). The van der Waals surface area contributed by atoms with Crippen LogP contribution >= 0.6 is 0 Å². The van der Waals surface area contributed by atoms with E-state index < -0.39 is 12.0 Å². The number of hydrogen-bond acceptors (Lipinski definition) is 7. The first-order valence-electron chi connectivity index (χ1n) is 11.2. The largest absolute Gasteiger partial charge is 0.465 e. The van der Waals surface area contributed by atoms with Gasteiger partial charge in [0.25, 0.3) is 11.8 Å². The highest BCUT2D eigenvalue weighted by Crippen LogP contribution is 2.26. The molecule has 2 aromatic rings. The molecule has 180 valence electrons. The molecule has 11 heteroatoms. The van der Waals surface area contributed by atoms with E-state index in [1.165, 1.54) is 17.0 Å². The average Bonchev–Trinajstić information content (AvgIpc) is 2.85. The van der Waals surface area contributed by atoms with Crippen molar-refractivity contribution in [3.8, 4) is 0 Å². The zero-order chi connectivity index (χ0) is 24.1. The lowest BCUT2D eigenvalue weighted by Gasteiger charge is -2.32. The smallest absolute Gasteiger partial charge is 0.413 e. The minimum Gasteiger partial charge on any atom is -0.465 e. The van der Waals surface area contributed by atoms with Crippen molar-refractivity contribution in [3.63, 3.8) is 0 Å². The van der Waals surface area contributed by atoms with Crippen molar-refractivity contribution >= 4 is 35.2 Å². The number of aromatic nitrogens is 1. The molecule has 0 aliphatic carbocycles. The van der Waals surface area contributed by atoms with Gasteiger partial charge in [0, 0.05) is 30.9 Å². The SMILES string of the molecule is NC(=O)c1ccc(N(C(=O)O)C2CCCNC2)nc1Nc1ccc(C(=O)N2CCOCC2)cc1. The lowest BCUT2D eigenvalue weighted by atomic mass is 10.1. The minimum absolute atomic E-state index is 0.0778. The summed E-state index contributed by atoms with van der Waals surface area (Å²) in [6.45, 7) is 3.51. The zero-order valence-electron chi connectivity index (χ0n) is 18.7. The van der Waals surface area contributed by atoms with E-state index in [9.17, 15) is 19.5 Å². The summed E-state index contributed by atoms with van der Waals surface area (Å²) in [5, 5.41) is 16.1. The highest BCUT2D eigenvalue weighted by atomic mass is 16.5. The second-order valence-electron chi connectivity index (χ2n) is 8.19. The van der Waals surface area contributed by atoms with Crippen LogP contribution in [-0.2, 0) is 4.74 Å². The van der Waals surface area contributed by atoms with Crippen molar-refractivity contribution in [2.75, 3.05) is 49.6 Å². The molecule has 2 saturated heterocycles. The molecule has 4 rings (SSSR count). The molecule has 1 aromatic carbocycles. The van der Waals surface area contributed by atoms with Gasteiger partial charge in [-0.05, 0) is 55.8 Å². The van der Waals surface area contributed by atoms with Crippen molar-refractivity contribution in [1.82, 2.24) is 15.2 Å². The lowest BCUT2D eigenvalue weighted by Crippen LogP contribution is -2.49. The maximum atomic E-state index is 12.7. The Bertz CT molecular complexity index is 1050. The Kier molecular flexibility index (Phi) is 7.24. The molecule has 34 heavy (non-hydrogen) atoms. The number of primary amides is 1. The summed E-state index contributed by atoms with van der Waals surface area (Å²) in [5.74, 6) is -0.423. The van der Waals surface area contributed by atoms with Gasteiger partial charge in [0.1, 0.15) is 11.6 Å². The van der Waals surface area contributed by atoms with E-state index in [2.05, 4.69) is 15.6 Å². The monoisotopic (exact) mass is 468 g/mol. The fourth-order valence-corrected chi connectivity index (χ4v) is 4.15. The van der Waals surface area contributed by atoms with Gasteiger partial charge < -0.3 is 31.1 Å². The van der Waals surface area contributed by atoms with Crippen molar-refractivity contribution in [2.45, 2.75) is 18.9 Å². The van der Waals surface area contributed by atoms with Crippen LogP contribution < -0.4 is 21.3 Å². The molecule has 1 unspecified atom stereocenters. The number of carbonyl (C=O) groups is 3. The Balaban J connectivity index is 1.57. The van der Waals surface area contributed by atoms with E-state index in [-0.39, 0.29) is 29.1 Å². The molecule has 2 aliphatic heterocycles. The van der Waals surface area contributed by atoms with Crippen molar-refractivity contribution < 1.29 is 24.2 Å². The van der Waals surface area contributed by atoms with Gasteiger partial charge >= 0.3 is 6.09 Å². The summed E-state index contributed by atoms with van der Waals surface area (Å²) in [4.78, 5) is 44.1. The molecule has 1 atom stereocenters. The van der Waals surface area contributed by atoms with Gasteiger partial charge in [-0.1, -0.05) is 0 Å². The average molecular weight is 469 g/mol. The quantitative estimate of drug-likeness (QED) is 0.500. The highest BCUT2D eigenvalue weighted by Gasteiger charge is 2.28. The van der Waals surface area contributed by atoms with Crippen LogP contribution in [0.25, 0.3) is 0 Å². The van der Waals surface area contributed by atoms with Gasteiger partial charge in [-0.2, -0.15) is 0 Å². The normalized spacial score (nSPS) is 18.2. The molecule has 3 amide bonds. The molecular formula is C23H28N6O5. The Morgan fingerprint density at radius 1 is 1.15 bits per heavy atom. The zero-order valence-corrected chi connectivity index (χ0v) is 18.7. The summed E-state index contributed by atoms with van der Waals surface area (Å²) in [6, 6.07) is 9.46. The van der Waals surface area contributed by atoms with E-state index in [4.69, 9.17) is 10.5 Å². The number of nitrogens with zero attached hydrogens (tertiary/aromatic N) is 3. The summed E-state index contributed by atoms with van der Waals surface area (Å²) < 4.78 is 5.29. The molecule has 0 spiro atoms. The molecular weight excluding hydrogens is 440 g/mol. The Hall–Kier alpha value is -3.70. The number of morpholine rings is 1. The fraction of sp³-hybridized carbons (Fsp3) is 0.391. The molecule has 0 radical (unpaired) electrons. The second kappa shape index (κ2) is 10.5. The van der Waals surface area contributed by atoms with Crippen LogP contribution in [0.3, 0.4) is 0 Å². The number of ether oxygens (including phenoxy) is 1. The van der Waals surface area contributed by atoms with Gasteiger partial charge in [-0.25, -0.2) is 9.78 Å². The van der Waals surface area contributed by atoms with E-state index in [0.29, 0.717) is 50.5 Å². The number of rotatable bonds is 6. The van der Waals surface area contributed by atoms with E-state index in [1.54, 1.807) is 29.2 Å². The Labute approximate surface area is 196 Å². The third kappa shape index (κ3) is 5.26. The fourth-order valence-electron chi connectivity index (χ4n) is 4.15. The summed E-state index contributed by atoms with van der Waals surface area (Å²) >= 11 is 0. The Morgan fingerprint density at radius 3 is 2.50 bits per heavy atom. The number of hydrogen-bond donors (Lipinski definition) is 4. The first kappa shape index (κ1) is 23.5. The van der Waals surface area contributed by atoms with Crippen LogP contribution in [0.15, 0.2) is 36.4 Å². The van der Waals surface area contributed by atoms with Gasteiger partial charge in [-0.15, -0.1) is 0 Å². The van der Waals surface area contributed by atoms with Crippen LogP contribution in [0, 0.1) is 0 Å². The van der Waals surface area contributed by atoms with E-state index in [0.717, 1.165) is 13.0 Å². The van der Waals surface area contributed by atoms with Crippen molar-refractivity contribution in [1.29, 1.82) is 0 Å². The summed E-state index contributed by atoms with van der Waals surface area (Å²) in [7, 11) is 0. The van der Waals surface area contributed by atoms with Crippen molar-refractivity contribution in [3.05, 3.63) is 47.5 Å². The van der Waals surface area contributed by atoms with E-state index >= 15 is 0 Å². The number of piperidine rings is 1. The van der Waals surface area contributed by atoms with Gasteiger partial charge in [0.15, 0.2) is 0 Å². The van der Waals surface area contributed by atoms with Gasteiger partial charge in [0.05, 0.1) is 24.8 Å². The van der Waals surface area contributed by atoms with E-state index in [1.807, 2.05) is 0 Å². The Morgan fingerprint density at radius 2 is 1.88 bits per heavy atom. The number of anilines is 3. The number of nitrogens with one attached hydrogen (secondary N) is 2. The molecule has 0 saturated carbocycles. The van der Waals surface area contributed by atoms with Crippen LogP contribution in [0.1, 0.15) is 33.6 Å². The number of carboxylic acid groups (broad SMARTS) is 1. The third-order valence-electron chi connectivity index (χ3n) is 5.93. The first-order chi connectivity index (χ1) is 16.4. The van der Waals surface area contributed by atoms with Crippen LogP contribution in [-0.4, -0.2) is 78.3 Å². The van der Waals surface area contributed by atoms with Gasteiger partial charge in [0.2, 0.25) is 0 Å². The molecule has 5 N–H and O–H groups in total. The van der Waals surface area contributed by atoms with Crippen LogP contribution in [0.5, 0.6) is 0 Å². The lowest BCUT2D eigenvalue weighted by molar-refractivity contribution is 0.0303. The van der Waals surface area contributed by atoms with Gasteiger partial charge in [-0.3, -0.25) is 14.5 Å². The third-order valence-corrected chi connectivity index (χ3v) is 5.93. The summed E-state index contributed by atoms with van der Waals surface area (Å²) in [5.41, 5.74) is 6.76. The molecule has 2 aliphatic rings. The maximum Gasteiger partial charge on any atom is 0.413 e. The highest BCUT2D eigenvalue weighted by molar-refractivity contribution is 5.99. The second-order valence-corrected chi connectivity index (χ2v) is 8.19. The minimum atomic E-state index is -1.12. The molecule has 3 heterocycles. The number of amides is 3. The van der Waals surface area contributed by atoms with Crippen molar-refractivity contribution in [2.24, 2.45) is 5.73 Å². The van der Waals surface area contributed by atoms with Crippen LogP contribution in [0.4, 0.5) is 22.1 Å². The predicted molar refractivity (Wildman–Crippen MR) is 126 cm³/mol. The summed E-state index contributed by atoms with van der Waals surface area (Å²) in [6.07, 6.45) is 0.443. The molecule has 2 fully saturated rings.